The fourth-order valence-corrected chi connectivity index (χ4v) is 2.20. The third-order valence-corrected chi connectivity index (χ3v) is 4.59. The monoisotopic (exact) mass is 450 g/mol. The zero-order valence-electron chi connectivity index (χ0n) is 21.6. The Balaban J connectivity index is -0.000000499. The topological polar surface area (TPSA) is 35.5 Å². The van der Waals surface area contributed by atoms with Crippen LogP contribution in [-0.4, -0.2) is 34.8 Å². The lowest BCUT2D eigenvalue weighted by atomic mass is 9.91. The minimum Gasteiger partial charge on any atom is -0.497 e. The molecule has 0 aromatic rings. The van der Waals surface area contributed by atoms with Gasteiger partial charge in [-0.15, -0.1) is 6.58 Å². The summed E-state index contributed by atoms with van der Waals surface area (Å²) in [5.74, 6) is 1.81. The van der Waals surface area contributed by atoms with Crippen LogP contribution in [0.5, 0.6) is 0 Å². The van der Waals surface area contributed by atoms with E-state index in [1.165, 1.54) is 12.8 Å². The van der Waals surface area contributed by atoms with Gasteiger partial charge in [0.05, 0.1) is 20.9 Å². The number of ether oxygens (including phenoxy) is 2. The van der Waals surface area contributed by atoms with E-state index in [-0.39, 0.29) is 0 Å². The zero-order chi connectivity index (χ0) is 26.1. The molecule has 0 bridgehead atoms. The fraction of sp³-hybridized carbons (Fsp3) is 0.464. The summed E-state index contributed by atoms with van der Waals surface area (Å²) < 4.78 is 19.9. The Morgan fingerprint density at radius 3 is 1.88 bits per heavy atom. The Morgan fingerprint density at radius 2 is 1.47 bits per heavy atom. The predicted molar refractivity (Wildman–Crippen MR) is 141 cm³/mol. The van der Waals surface area contributed by atoms with Gasteiger partial charge in [0.15, 0.2) is 0 Å². The van der Waals surface area contributed by atoms with Crippen LogP contribution in [0, 0.1) is 11.8 Å². The standard InChI is InChI=1S/C23H36O2.C3H6.CH3F.CH2O/c1-10-17(2)11-12-18(3)19(4)13-14-20(5)21(6)15-23(16-24-8)22(7)25-9;1-3-2;2*1-2/h13-15,17-18H,4-7,10-12,16H2,1-3,8-9H3;3H,1H2,2H3;1H3;1H2/b14-13-,23-15-;;;. The maximum absolute atomic E-state index is 9.50. The van der Waals surface area contributed by atoms with E-state index in [0.29, 0.717) is 25.5 Å². The number of alkyl halides is 1. The highest BCUT2D eigenvalue weighted by atomic mass is 19.1. The molecule has 0 amide bonds. The molecule has 2 atom stereocenters. The van der Waals surface area contributed by atoms with Crippen molar-refractivity contribution in [2.75, 3.05) is 28.0 Å². The Hall–Kier alpha value is -2.46. The van der Waals surface area contributed by atoms with Crippen LogP contribution in [0.25, 0.3) is 0 Å². The molecule has 0 aliphatic carbocycles. The molecule has 0 spiro atoms. The summed E-state index contributed by atoms with van der Waals surface area (Å²) in [5, 5.41) is 0. The van der Waals surface area contributed by atoms with Gasteiger partial charge in [0.1, 0.15) is 12.5 Å². The zero-order valence-corrected chi connectivity index (χ0v) is 21.6. The fourth-order valence-electron chi connectivity index (χ4n) is 2.20. The molecule has 0 N–H and O–H groups in total. The average Bonchev–Trinajstić information content (AvgIpc) is 2.82. The Morgan fingerprint density at radius 1 is 0.969 bits per heavy atom. The molecule has 184 valence electrons. The SMILES string of the molecule is C=C(/C=C\C(=C)C(C)CCC(C)CC)C(=C)/C=C(/COC)C(=C)OC.C=CC.C=O.CF. The van der Waals surface area contributed by atoms with Crippen molar-refractivity contribution in [1.29, 1.82) is 0 Å². The summed E-state index contributed by atoms with van der Waals surface area (Å²) in [6, 6.07) is 0. The molecule has 0 saturated heterocycles. The number of halogens is 1. The number of allylic oxidation sites excluding steroid dienone is 7. The number of hydrogen-bond donors (Lipinski definition) is 0. The van der Waals surface area contributed by atoms with E-state index in [0.717, 1.165) is 34.6 Å². The molecular formula is C28H47FO3. The molecule has 3 nitrogen and oxygen atoms in total. The van der Waals surface area contributed by atoms with Crippen molar-refractivity contribution in [3.8, 4) is 0 Å². The lowest BCUT2D eigenvalue weighted by molar-refractivity contribution is -0.0979. The van der Waals surface area contributed by atoms with Gasteiger partial charge in [0, 0.05) is 12.7 Å². The van der Waals surface area contributed by atoms with Crippen LogP contribution in [0.3, 0.4) is 0 Å². The molecular weight excluding hydrogens is 403 g/mol. The van der Waals surface area contributed by atoms with Crippen molar-refractivity contribution in [3.05, 3.63) is 85.3 Å². The minimum atomic E-state index is 0.419. The summed E-state index contributed by atoms with van der Waals surface area (Å²) in [4.78, 5) is 8.00. The first-order valence-electron chi connectivity index (χ1n) is 10.6. The van der Waals surface area contributed by atoms with Gasteiger partial charge in [-0.3, -0.25) is 4.39 Å². The third-order valence-electron chi connectivity index (χ3n) is 4.59. The summed E-state index contributed by atoms with van der Waals surface area (Å²) in [7, 11) is 3.73. The second kappa shape index (κ2) is 26.6. The van der Waals surface area contributed by atoms with Crippen LogP contribution in [0.2, 0.25) is 0 Å². The minimum absolute atomic E-state index is 0.419. The van der Waals surface area contributed by atoms with Gasteiger partial charge in [-0.2, -0.15) is 0 Å². The molecule has 0 aliphatic rings. The number of rotatable bonds is 13. The van der Waals surface area contributed by atoms with E-state index in [1.807, 2.05) is 31.9 Å². The second-order valence-electron chi connectivity index (χ2n) is 7.09. The molecule has 0 saturated carbocycles. The van der Waals surface area contributed by atoms with E-state index < -0.39 is 0 Å². The highest BCUT2D eigenvalue weighted by Gasteiger charge is 2.08. The van der Waals surface area contributed by atoms with Crippen molar-refractivity contribution in [2.45, 2.75) is 47.0 Å². The molecule has 4 heteroatoms. The van der Waals surface area contributed by atoms with Crippen LogP contribution < -0.4 is 0 Å². The molecule has 0 heterocycles. The van der Waals surface area contributed by atoms with Gasteiger partial charge in [0.2, 0.25) is 0 Å². The number of methoxy groups -OCH3 is 2. The van der Waals surface area contributed by atoms with E-state index in [1.54, 1.807) is 20.3 Å². The van der Waals surface area contributed by atoms with Crippen molar-refractivity contribution in [1.82, 2.24) is 0 Å². The molecule has 0 aromatic carbocycles. The molecule has 0 fully saturated rings. The third kappa shape index (κ3) is 20.8. The van der Waals surface area contributed by atoms with E-state index in [9.17, 15) is 4.39 Å². The maximum atomic E-state index is 9.50. The largest absolute Gasteiger partial charge is 0.497 e. The highest BCUT2D eigenvalue weighted by Crippen LogP contribution is 2.22. The quantitative estimate of drug-likeness (QED) is 0.162. The first-order chi connectivity index (χ1) is 15.2. The molecule has 0 aromatic heterocycles. The highest BCUT2D eigenvalue weighted by molar-refractivity contribution is 5.47. The van der Waals surface area contributed by atoms with Crippen molar-refractivity contribution >= 4 is 6.79 Å². The summed E-state index contributed by atoms with van der Waals surface area (Å²) in [5.41, 5.74) is 3.62. The van der Waals surface area contributed by atoms with E-state index in [2.05, 4.69) is 53.7 Å². The van der Waals surface area contributed by atoms with Gasteiger partial charge < -0.3 is 14.3 Å². The van der Waals surface area contributed by atoms with Gasteiger partial charge in [0.25, 0.3) is 0 Å². The number of hydrogen-bond acceptors (Lipinski definition) is 3. The summed E-state index contributed by atoms with van der Waals surface area (Å²) in [6.07, 6.45) is 11.3. The van der Waals surface area contributed by atoms with Gasteiger partial charge in [-0.1, -0.05) is 83.7 Å². The summed E-state index contributed by atoms with van der Waals surface area (Å²) in [6.45, 7) is 30.7. The van der Waals surface area contributed by atoms with Crippen molar-refractivity contribution in [3.63, 3.8) is 0 Å². The van der Waals surface area contributed by atoms with Gasteiger partial charge >= 0.3 is 0 Å². The van der Waals surface area contributed by atoms with Gasteiger partial charge in [-0.05, 0) is 42.4 Å². The smallest absolute Gasteiger partial charge is 0.117 e. The second-order valence-corrected chi connectivity index (χ2v) is 7.09. The first-order valence-corrected chi connectivity index (χ1v) is 10.6. The molecule has 32 heavy (non-hydrogen) atoms. The first kappa shape index (κ1) is 36.9. The van der Waals surface area contributed by atoms with Crippen LogP contribution in [-0.2, 0) is 14.3 Å². The van der Waals surface area contributed by atoms with Crippen molar-refractivity contribution < 1.29 is 18.7 Å². The number of carbonyl (C=O) groups is 1. The lowest BCUT2D eigenvalue weighted by Gasteiger charge is -2.15. The number of carbonyl (C=O) groups excluding carboxylic acids is 1. The van der Waals surface area contributed by atoms with E-state index in [4.69, 9.17) is 14.3 Å². The maximum Gasteiger partial charge on any atom is 0.117 e. The molecule has 2 unspecified atom stereocenters. The van der Waals surface area contributed by atoms with E-state index >= 15 is 0 Å². The van der Waals surface area contributed by atoms with Crippen LogP contribution >= 0.6 is 0 Å². The summed E-state index contributed by atoms with van der Waals surface area (Å²) >= 11 is 0. The Bertz CT molecular complexity index is 600. The average molecular weight is 451 g/mol. The Kier molecular flexibility index (Phi) is 30.6. The molecule has 0 aliphatic heterocycles. The molecule has 0 radical (unpaired) electrons. The molecule has 0 rings (SSSR count). The van der Waals surface area contributed by atoms with Crippen molar-refractivity contribution in [2.24, 2.45) is 11.8 Å². The normalized spacial score (nSPS) is 11.8. The lowest BCUT2D eigenvalue weighted by Crippen LogP contribution is -2.01. The van der Waals surface area contributed by atoms with Crippen LogP contribution in [0.1, 0.15) is 47.0 Å². The Labute approximate surface area is 197 Å². The predicted octanol–water partition coefficient (Wildman–Crippen LogP) is 8.00. The van der Waals surface area contributed by atoms with Gasteiger partial charge in [-0.25, -0.2) is 0 Å². The van der Waals surface area contributed by atoms with Crippen LogP contribution in [0.4, 0.5) is 4.39 Å². The van der Waals surface area contributed by atoms with Crippen LogP contribution in [0.15, 0.2) is 85.3 Å².